The molecule has 0 heterocycles. The molecule has 2 rings (SSSR count). The van der Waals surface area contributed by atoms with Crippen LogP contribution in [0.4, 0.5) is 4.39 Å². The molecule has 0 aromatic heterocycles. The minimum atomic E-state index is -0.524. The van der Waals surface area contributed by atoms with E-state index in [2.05, 4.69) is 0 Å². The van der Waals surface area contributed by atoms with Gasteiger partial charge in [0.1, 0.15) is 5.82 Å². The van der Waals surface area contributed by atoms with Crippen molar-refractivity contribution < 1.29 is 9.50 Å². The van der Waals surface area contributed by atoms with Crippen LogP contribution in [0.3, 0.4) is 0 Å². The van der Waals surface area contributed by atoms with Gasteiger partial charge >= 0.3 is 0 Å². The Kier molecular flexibility index (Phi) is 4.53. The molecule has 106 valence electrons. The third-order valence-electron chi connectivity index (χ3n) is 3.91. The number of hydrogen-bond donors (Lipinski definition) is 2. The number of aryl methyl sites for hydroxylation is 1. The first-order chi connectivity index (χ1) is 9.61. The largest absolute Gasteiger partial charge is 0.395 e. The van der Waals surface area contributed by atoms with E-state index in [0.29, 0.717) is 13.0 Å². The molecule has 2 nitrogen and oxygen atoms in total. The number of hydrogen-bond acceptors (Lipinski definition) is 2. The van der Waals surface area contributed by atoms with Crippen LogP contribution >= 0.6 is 0 Å². The van der Waals surface area contributed by atoms with E-state index in [1.165, 1.54) is 12.1 Å². The van der Waals surface area contributed by atoms with Gasteiger partial charge in [-0.05, 0) is 42.2 Å². The summed E-state index contributed by atoms with van der Waals surface area (Å²) in [4.78, 5) is 0. The van der Waals surface area contributed by atoms with Gasteiger partial charge in [-0.15, -0.1) is 0 Å². The molecule has 20 heavy (non-hydrogen) atoms. The van der Waals surface area contributed by atoms with E-state index in [1.54, 1.807) is 6.07 Å². The van der Waals surface area contributed by atoms with E-state index in [1.807, 2.05) is 37.3 Å². The second-order valence-electron chi connectivity index (χ2n) is 5.26. The Morgan fingerprint density at radius 3 is 2.40 bits per heavy atom. The lowest BCUT2D eigenvalue weighted by Crippen LogP contribution is -2.41. The molecule has 0 saturated carbocycles. The highest BCUT2D eigenvalue weighted by atomic mass is 19.1. The van der Waals surface area contributed by atoms with Crippen LogP contribution in [0.15, 0.2) is 48.5 Å². The van der Waals surface area contributed by atoms with Crippen LogP contribution < -0.4 is 5.73 Å². The zero-order chi connectivity index (χ0) is 14.6. The van der Waals surface area contributed by atoms with E-state index >= 15 is 0 Å². The minimum absolute atomic E-state index is 0.0374. The Morgan fingerprint density at radius 2 is 1.85 bits per heavy atom. The van der Waals surface area contributed by atoms with Crippen molar-refractivity contribution in [2.75, 3.05) is 13.2 Å². The van der Waals surface area contributed by atoms with Gasteiger partial charge in [-0.3, -0.25) is 0 Å². The molecule has 0 aliphatic heterocycles. The van der Waals surface area contributed by atoms with E-state index in [0.717, 1.165) is 16.7 Å². The molecular weight excluding hydrogens is 253 g/mol. The molecule has 1 atom stereocenters. The minimum Gasteiger partial charge on any atom is -0.395 e. The average Bonchev–Trinajstić information content (AvgIpc) is 2.48. The summed E-state index contributed by atoms with van der Waals surface area (Å²) in [6.45, 7) is 2.18. The van der Waals surface area contributed by atoms with Crippen LogP contribution in [-0.4, -0.2) is 18.3 Å². The van der Waals surface area contributed by atoms with Crippen molar-refractivity contribution in [2.24, 2.45) is 5.73 Å². The van der Waals surface area contributed by atoms with Crippen LogP contribution in [0.25, 0.3) is 0 Å². The normalized spacial score (nSPS) is 14.0. The summed E-state index contributed by atoms with van der Waals surface area (Å²) in [5, 5.41) is 9.88. The maximum Gasteiger partial charge on any atom is 0.123 e. The smallest absolute Gasteiger partial charge is 0.123 e. The fourth-order valence-electron chi connectivity index (χ4n) is 2.52. The summed E-state index contributed by atoms with van der Waals surface area (Å²) in [5.74, 6) is -0.242. The van der Waals surface area contributed by atoms with Crippen molar-refractivity contribution in [3.63, 3.8) is 0 Å². The summed E-state index contributed by atoms with van der Waals surface area (Å²) in [7, 11) is 0. The Bertz CT molecular complexity index is 564. The van der Waals surface area contributed by atoms with Gasteiger partial charge < -0.3 is 10.8 Å². The Labute approximate surface area is 119 Å². The molecular formula is C17H20FNO. The highest BCUT2D eigenvalue weighted by molar-refractivity contribution is 5.34. The van der Waals surface area contributed by atoms with Crippen LogP contribution in [0.2, 0.25) is 0 Å². The van der Waals surface area contributed by atoms with Gasteiger partial charge in [0.25, 0.3) is 0 Å². The number of rotatable bonds is 5. The van der Waals surface area contributed by atoms with Gasteiger partial charge in [0, 0.05) is 12.0 Å². The van der Waals surface area contributed by atoms with Gasteiger partial charge in [-0.25, -0.2) is 4.39 Å². The lowest BCUT2D eigenvalue weighted by atomic mass is 9.75. The van der Waals surface area contributed by atoms with Gasteiger partial charge in [0.05, 0.1) is 6.61 Å². The Balaban J connectivity index is 2.39. The van der Waals surface area contributed by atoms with Gasteiger partial charge in [0.2, 0.25) is 0 Å². The number of benzene rings is 2. The second kappa shape index (κ2) is 6.16. The number of aliphatic hydroxyl groups is 1. The molecule has 0 aliphatic rings. The van der Waals surface area contributed by atoms with Crippen molar-refractivity contribution in [1.29, 1.82) is 0 Å². The van der Waals surface area contributed by atoms with Crippen molar-refractivity contribution in [2.45, 2.75) is 18.8 Å². The second-order valence-corrected chi connectivity index (χ2v) is 5.26. The molecule has 0 bridgehead atoms. The Hall–Kier alpha value is -1.71. The molecule has 0 fully saturated rings. The van der Waals surface area contributed by atoms with E-state index in [4.69, 9.17) is 5.73 Å². The van der Waals surface area contributed by atoms with Gasteiger partial charge in [0.15, 0.2) is 0 Å². The molecule has 0 radical (unpaired) electrons. The highest BCUT2D eigenvalue weighted by Crippen LogP contribution is 2.28. The summed E-state index contributed by atoms with van der Waals surface area (Å²) in [6.07, 6.45) is 0.593. The number of aliphatic hydroxyl groups excluding tert-OH is 1. The number of halogens is 1. The van der Waals surface area contributed by atoms with Crippen LogP contribution in [0, 0.1) is 12.7 Å². The zero-order valence-corrected chi connectivity index (χ0v) is 11.6. The monoisotopic (exact) mass is 273 g/mol. The van der Waals surface area contributed by atoms with Crippen molar-refractivity contribution in [3.8, 4) is 0 Å². The molecule has 0 saturated heterocycles. The SMILES string of the molecule is Cc1cc(F)ccc1CC(CN)(CO)c1ccccc1. The van der Waals surface area contributed by atoms with Crippen molar-refractivity contribution in [3.05, 3.63) is 71.0 Å². The predicted molar refractivity (Wildman–Crippen MR) is 79.1 cm³/mol. The number of nitrogens with two attached hydrogens (primary N) is 1. The van der Waals surface area contributed by atoms with Gasteiger partial charge in [-0.1, -0.05) is 36.4 Å². The van der Waals surface area contributed by atoms with Crippen LogP contribution in [0.1, 0.15) is 16.7 Å². The van der Waals surface area contributed by atoms with Gasteiger partial charge in [-0.2, -0.15) is 0 Å². The Morgan fingerprint density at radius 1 is 1.15 bits per heavy atom. The summed E-state index contributed by atoms with van der Waals surface area (Å²) in [5.41, 5.74) is 8.32. The topological polar surface area (TPSA) is 46.2 Å². The lowest BCUT2D eigenvalue weighted by molar-refractivity contribution is 0.196. The first kappa shape index (κ1) is 14.7. The fraction of sp³-hybridized carbons (Fsp3) is 0.294. The summed E-state index contributed by atoms with van der Waals surface area (Å²) >= 11 is 0. The summed E-state index contributed by atoms with van der Waals surface area (Å²) in [6, 6.07) is 14.5. The van der Waals surface area contributed by atoms with Crippen LogP contribution in [-0.2, 0) is 11.8 Å². The average molecular weight is 273 g/mol. The first-order valence-corrected chi connectivity index (χ1v) is 6.73. The first-order valence-electron chi connectivity index (χ1n) is 6.73. The third-order valence-corrected chi connectivity index (χ3v) is 3.91. The van der Waals surface area contributed by atoms with E-state index in [-0.39, 0.29) is 12.4 Å². The third kappa shape index (κ3) is 2.89. The fourth-order valence-corrected chi connectivity index (χ4v) is 2.52. The predicted octanol–water partition coefficient (Wildman–Crippen LogP) is 2.57. The zero-order valence-electron chi connectivity index (χ0n) is 11.6. The maximum atomic E-state index is 13.2. The quantitative estimate of drug-likeness (QED) is 0.879. The molecule has 2 aromatic carbocycles. The lowest BCUT2D eigenvalue weighted by Gasteiger charge is -2.32. The molecule has 0 amide bonds. The molecule has 3 heteroatoms. The van der Waals surface area contributed by atoms with Crippen molar-refractivity contribution in [1.82, 2.24) is 0 Å². The molecule has 1 unspecified atom stereocenters. The van der Waals surface area contributed by atoms with Crippen LogP contribution in [0.5, 0.6) is 0 Å². The highest BCUT2D eigenvalue weighted by Gasteiger charge is 2.30. The standard InChI is InChI=1S/C17H20FNO/c1-13-9-16(18)8-7-14(13)10-17(11-19,12-20)15-5-3-2-4-6-15/h2-9,20H,10-12,19H2,1H3. The molecule has 3 N–H and O–H groups in total. The maximum absolute atomic E-state index is 13.2. The van der Waals surface area contributed by atoms with E-state index in [9.17, 15) is 9.50 Å². The molecule has 0 aliphatic carbocycles. The summed E-state index contributed by atoms with van der Waals surface area (Å²) < 4.78 is 13.2. The molecule has 0 spiro atoms. The van der Waals surface area contributed by atoms with E-state index < -0.39 is 5.41 Å². The van der Waals surface area contributed by atoms with Crippen molar-refractivity contribution >= 4 is 0 Å². The molecule has 2 aromatic rings.